The summed E-state index contributed by atoms with van der Waals surface area (Å²) in [6, 6.07) is 3.66. The van der Waals surface area contributed by atoms with Gasteiger partial charge in [0.05, 0.1) is 7.11 Å². The number of hydrogen-bond acceptors (Lipinski definition) is 2. The summed E-state index contributed by atoms with van der Waals surface area (Å²) >= 11 is 0. The minimum Gasteiger partial charge on any atom is -0.493 e. The predicted molar refractivity (Wildman–Crippen MR) is 71.5 cm³/mol. The molecule has 0 aromatic heterocycles. The largest absolute Gasteiger partial charge is 0.493 e. The molecule has 0 spiro atoms. The molecule has 2 rings (SSSR count). The standard InChI is InChI=1S/C15H22FNO/c1-11-8-12(9-13(16)14(11)18-2)15(10-17)6-4-3-5-7-15/h8-9H,3-7,10,17H2,1-2H3. The topological polar surface area (TPSA) is 35.2 Å². The highest BCUT2D eigenvalue weighted by atomic mass is 19.1. The Kier molecular flexibility index (Phi) is 3.91. The minimum absolute atomic E-state index is 0.0316. The lowest BCUT2D eigenvalue weighted by Crippen LogP contribution is -2.37. The number of hydrogen-bond donors (Lipinski definition) is 1. The van der Waals surface area contributed by atoms with Crippen LogP contribution in [0.2, 0.25) is 0 Å². The molecule has 0 bridgehead atoms. The van der Waals surface area contributed by atoms with Crippen LogP contribution < -0.4 is 10.5 Å². The molecule has 2 N–H and O–H groups in total. The van der Waals surface area contributed by atoms with Gasteiger partial charge in [-0.25, -0.2) is 4.39 Å². The number of ether oxygens (including phenoxy) is 1. The maximum Gasteiger partial charge on any atom is 0.165 e. The van der Waals surface area contributed by atoms with E-state index >= 15 is 0 Å². The first kappa shape index (κ1) is 13.3. The maximum absolute atomic E-state index is 14.0. The lowest BCUT2D eigenvalue weighted by Gasteiger charge is -2.37. The molecule has 1 aliphatic rings. The van der Waals surface area contributed by atoms with Crippen LogP contribution in [0.5, 0.6) is 5.75 Å². The van der Waals surface area contributed by atoms with Gasteiger partial charge in [0, 0.05) is 12.0 Å². The summed E-state index contributed by atoms with van der Waals surface area (Å²) in [5.74, 6) is 0.0765. The molecule has 1 aromatic rings. The molecule has 0 atom stereocenters. The molecule has 18 heavy (non-hydrogen) atoms. The van der Waals surface area contributed by atoms with Crippen molar-refractivity contribution in [2.24, 2.45) is 5.73 Å². The average molecular weight is 251 g/mol. The molecule has 0 amide bonds. The summed E-state index contributed by atoms with van der Waals surface area (Å²) in [6.07, 6.45) is 5.76. The summed E-state index contributed by atoms with van der Waals surface area (Å²) in [4.78, 5) is 0. The van der Waals surface area contributed by atoms with Gasteiger partial charge in [-0.05, 0) is 37.0 Å². The Hall–Kier alpha value is -1.09. The average Bonchev–Trinajstić information content (AvgIpc) is 2.39. The van der Waals surface area contributed by atoms with Crippen LogP contribution >= 0.6 is 0 Å². The lowest BCUT2D eigenvalue weighted by molar-refractivity contribution is 0.298. The zero-order valence-electron chi connectivity index (χ0n) is 11.3. The number of aryl methyl sites for hydroxylation is 1. The molecular formula is C15H22FNO. The normalized spacial score (nSPS) is 18.7. The first-order valence-corrected chi connectivity index (χ1v) is 6.67. The van der Waals surface area contributed by atoms with Crippen molar-refractivity contribution in [3.8, 4) is 5.75 Å². The van der Waals surface area contributed by atoms with E-state index in [1.165, 1.54) is 26.4 Å². The predicted octanol–water partition coefficient (Wildman–Crippen LogP) is 3.30. The third kappa shape index (κ3) is 2.24. The fraction of sp³-hybridized carbons (Fsp3) is 0.600. The maximum atomic E-state index is 14.0. The van der Waals surface area contributed by atoms with Gasteiger partial charge in [0.15, 0.2) is 11.6 Å². The molecule has 2 nitrogen and oxygen atoms in total. The van der Waals surface area contributed by atoms with E-state index in [4.69, 9.17) is 10.5 Å². The summed E-state index contributed by atoms with van der Waals surface area (Å²) < 4.78 is 19.1. The van der Waals surface area contributed by atoms with Gasteiger partial charge in [-0.15, -0.1) is 0 Å². The number of methoxy groups -OCH3 is 1. The van der Waals surface area contributed by atoms with E-state index in [2.05, 4.69) is 0 Å². The third-order valence-corrected chi connectivity index (χ3v) is 4.25. The Bertz CT molecular complexity index is 401. The number of nitrogens with two attached hydrogens (primary N) is 1. The zero-order chi connectivity index (χ0) is 13.2. The second kappa shape index (κ2) is 5.27. The molecule has 0 radical (unpaired) electrons. The van der Waals surface area contributed by atoms with Gasteiger partial charge in [0.1, 0.15) is 0 Å². The second-order valence-corrected chi connectivity index (χ2v) is 5.35. The van der Waals surface area contributed by atoms with Crippen LogP contribution in [-0.2, 0) is 5.41 Å². The molecule has 0 aliphatic heterocycles. The molecule has 1 fully saturated rings. The van der Waals surface area contributed by atoms with E-state index < -0.39 is 0 Å². The quantitative estimate of drug-likeness (QED) is 0.894. The smallest absolute Gasteiger partial charge is 0.165 e. The molecule has 100 valence electrons. The zero-order valence-corrected chi connectivity index (χ0v) is 11.3. The molecule has 1 aromatic carbocycles. The van der Waals surface area contributed by atoms with Crippen molar-refractivity contribution < 1.29 is 9.13 Å². The Morgan fingerprint density at radius 3 is 2.44 bits per heavy atom. The third-order valence-electron chi connectivity index (χ3n) is 4.25. The van der Waals surface area contributed by atoms with Crippen molar-refractivity contribution in [1.82, 2.24) is 0 Å². The SMILES string of the molecule is COc1c(C)cc(C2(CN)CCCCC2)cc1F. The van der Waals surface area contributed by atoms with Gasteiger partial charge in [-0.1, -0.05) is 25.3 Å². The van der Waals surface area contributed by atoms with Gasteiger partial charge in [0.2, 0.25) is 0 Å². The Morgan fingerprint density at radius 1 is 1.28 bits per heavy atom. The van der Waals surface area contributed by atoms with E-state index in [-0.39, 0.29) is 11.2 Å². The van der Waals surface area contributed by atoms with E-state index in [0.717, 1.165) is 24.0 Å². The summed E-state index contributed by atoms with van der Waals surface area (Å²) in [5.41, 5.74) is 7.85. The van der Waals surface area contributed by atoms with Gasteiger partial charge in [0.25, 0.3) is 0 Å². The molecule has 0 unspecified atom stereocenters. The summed E-state index contributed by atoms with van der Waals surface area (Å²) in [7, 11) is 1.50. The highest BCUT2D eigenvalue weighted by molar-refractivity contribution is 5.41. The van der Waals surface area contributed by atoms with Crippen molar-refractivity contribution in [2.45, 2.75) is 44.4 Å². The van der Waals surface area contributed by atoms with Gasteiger partial charge >= 0.3 is 0 Å². The fourth-order valence-electron chi connectivity index (χ4n) is 3.13. The van der Waals surface area contributed by atoms with Crippen molar-refractivity contribution in [1.29, 1.82) is 0 Å². The van der Waals surface area contributed by atoms with E-state index in [0.29, 0.717) is 12.3 Å². The van der Waals surface area contributed by atoms with Crippen LogP contribution in [0.3, 0.4) is 0 Å². The number of rotatable bonds is 3. The highest BCUT2D eigenvalue weighted by Gasteiger charge is 2.33. The monoisotopic (exact) mass is 251 g/mol. The molecule has 1 saturated carbocycles. The van der Waals surface area contributed by atoms with E-state index in [1.54, 1.807) is 6.07 Å². The van der Waals surface area contributed by atoms with Crippen LogP contribution in [-0.4, -0.2) is 13.7 Å². The molecule has 0 saturated heterocycles. The Labute approximate surface area is 108 Å². The summed E-state index contributed by atoms with van der Waals surface area (Å²) in [6.45, 7) is 2.48. The Morgan fingerprint density at radius 2 is 1.94 bits per heavy atom. The highest BCUT2D eigenvalue weighted by Crippen LogP contribution is 2.40. The van der Waals surface area contributed by atoms with Crippen LogP contribution in [0.4, 0.5) is 4.39 Å². The summed E-state index contributed by atoms with van der Waals surface area (Å²) in [5, 5.41) is 0. The van der Waals surface area contributed by atoms with E-state index in [1.807, 2.05) is 13.0 Å². The van der Waals surface area contributed by atoms with Gasteiger partial charge < -0.3 is 10.5 Å². The van der Waals surface area contributed by atoms with Crippen molar-refractivity contribution in [2.75, 3.05) is 13.7 Å². The molecular weight excluding hydrogens is 229 g/mol. The first-order chi connectivity index (χ1) is 8.63. The number of halogens is 1. The van der Waals surface area contributed by atoms with Crippen LogP contribution in [0.25, 0.3) is 0 Å². The fourth-order valence-corrected chi connectivity index (χ4v) is 3.13. The lowest BCUT2D eigenvalue weighted by atomic mass is 9.69. The van der Waals surface area contributed by atoms with E-state index in [9.17, 15) is 4.39 Å². The molecule has 0 heterocycles. The molecule has 1 aliphatic carbocycles. The van der Waals surface area contributed by atoms with Crippen LogP contribution in [0.1, 0.15) is 43.2 Å². The van der Waals surface area contributed by atoms with Crippen molar-refractivity contribution >= 4 is 0 Å². The Balaban J connectivity index is 2.43. The van der Waals surface area contributed by atoms with Crippen molar-refractivity contribution in [3.63, 3.8) is 0 Å². The minimum atomic E-state index is -0.272. The van der Waals surface area contributed by atoms with Crippen LogP contribution in [0.15, 0.2) is 12.1 Å². The van der Waals surface area contributed by atoms with Crippen molar-refractivity contribution in [3.05, 3.63) is 29.1 Å². The van der Waals surface area contributed by atoms with Crippen LogP contribution in [0, 0.1) is 12.7 Å². The number of benzene rings is 1. The van der Waals surface area contributed by atoms with Gasteiger partial charge in [-0.3, -0.25) is 0 Å². The second-order valence-electron chi connectivity index (χ2n) is 5.35. The molecule has 3 heteroatoms. The van der Waals surface area contributed by atoms with Gasteiger partial charge in [-0.2, -0.15) is 0 Å². The first-order valence-electron chi connectivity index (χ1n) is 6.67.